The third-order valence-corrected chi connectivity index (χ3v) is 2.80. The highest BCUT2D eigenvalue weighted by molar-refractivity contribution is 6.30. The first kappa shape index (κ1) is 13.4. The molecule has 90 valence electrons. The zero-order valence-corrected chi connectivity index (χ0v) is 10.4. The molecule has 0 aromatic heterocycles. The van der Waals surface area contributed by atoms with E-state index in [1.807, 2.05) is 13.8 Å². The van der Waals surface area contributed by atoms with Gasteiger partial charge in [-0.05, 0) is 31.0 Å². The number of halogens is 2. The minimum atomic E-state index is -0.422. The minimum absolute atomic E-state index is 0.126. The molecule has 1 atom stereocenters. The van der Waals surface area contributed by atoms with Gasteiger partial charge in [0.05, 0.1) is 18.2 Å². The van der Waals surface area contributed by atoms with Gasteiger partial charge in [-0.25, -0.2) is 4.39 Å². The highest BCUT2D eigenvalue weighted by atomic mass is 35.5. The summed E-state index contributed by atoms with van der Waals surface area (Å²) in [5.41, 5.74) is 6.34. The molecule has 2 nitrogen and oxygen atoms in total. The van der Waals surface area contributed by atoms with Crippen molar-refractivity contribution in [2.75, 3.05) is 6.61 Å². The van der Waals surface area contributed by atoms with Crippen LogP contribution in [0, 0.1) is 5.82 Å². The number of hydrogen-bond donors (Lipinski definition) is 1. The van der Waals surface area contributed by atoms with Gasteiger partial charge < -0.3 is 10.5 Å². The van der Waals surface area contributed by atoms with Gasteiger partial charge in [0.1, 0.15) is 5.82 Å². The Kier molecular flexibility index (Phi) is 4.71. The monoisotopic (exact) mass is 245 g/mol. The van der Waals surface area contributed by atoms with Crippen LogP contribution >= 0.6 is 11.6 Å². The lowest BCUT2D eigenvalue weighted by Gasteiger charge is -2.22. The molecule has 0 aliphatic heterocycles. The fourth-order valence-electron chi connectivity index (χ4n) is 1.13. The summed E-state index contributed by atoms with van der Waals surface area (Å²) in [5, 5.41) is 0.126. The van der Waals surface area contributed by atoms with E-state index in [2.05, 4.69) is 0 Å². The summed E-state index contributed by atoms with van der Waals surface area (Å²) < 4.78 is 18.5. The molecular formula is C12H17ClFNO. The Morgan fingerprint density at radius 2 is 2.19 bits per heavy atom. The van der Waals surface area contributed by atoms with Gasteiger partial charge in [-0.1, -0.05) is 24.6 Å². The second-order valence-corrected chi connectivity index (χ2v) is 4.66. The molecule has 0 aliphatic carbocycles. The van der Waals surface area contributed by atoms with Gasteiger partial charge in [-0.3, -0.25) is 0 Å². The van der Waals surface area contributed by atoms with Crippen LogP contribution in [0.1, 0.15) is 25.8 Å². The van der Waals surface area contributed by atoms with Gasteiger partial charge in [-0.15, -0.1) is 0 Å². The van der Waals surface area contributed by atoms with Crippen molar-refractivity contribution in [2.45, 2.75) is 32.4 Å². The lowest BCUT2D eigenvalue weighted by atomic mass is 10.0. The third kappa shape index (κ3) is 4.08. The van der Waals surface area contributed by atoms with Crippen LogP contribution in [0.2, 0.25) is 5.02 Å². The van der Waals surface area contributed by atoms with Crippen LogP contribution in [0.4, 0.5) is 4.39 Å². The number of nitrogens with two attached hydrogens (primary N) is 1. The van der Waals surface area contributed by atoms with Gasteiger partial charge in [0.15, 0.2) is 0 Å². The van der Waals surface area contributed by atoms with Gasteiger partial charge in [0.25, 0.3) is 0 Å². The molecule has 0 amide bonds. The van der Waals surface area contributed by atoms with E-state index in [1.165, 1.54) is 12.1 Å². The van der Waals surface area contributed by atoms with Crippen molar-refractivity contribution >= 4 is 11.6 Å². The predicted octanol–water partition coefficient (Wildman–Crippen LogP) is 3.12. The molecule has 1 aromatic rings. The van der Waals surface area contributed by atoms with Gasteiger partial charge in [0, 0.05) is 5.54 Å². The van der Waals surface area contributed by atoms with E-state index in [-0.39, 0.29) is 10.6 Å². The van der Waals surface area contributed by atoms with Gasteiger partial charge in [-0.2, -0.15) is 0 Å². The lowest BCUT2D eigenvalue weighted by Crippen LogP contribution is -2.40. The molecule has 0 spiro atoms. The predicted molar refractivity (Wildman–Crippen MR) is 63.9 cm³/mol. The molecule has 0 aliphatic rings. The highest BCUT2D eigenvalue weighted by Gasteiger charge is 2.15. The van der Waals surface area contributed by atoms with E-state index in [1.54, 1.807) is 6.07 Å². The molecule has 0 heterocycles. The molecule has 4 heteroatoms. The van der Waals surface area contributed by atoms with Gasteiger partial charge >= 0.3 is 0 Å². The van der Waals surface area contributed by atoms with Crippen LogP contribution < -0.4 is 5.73 Å². The summed E-state index contributed by atoms with van der Waals surface area (Å²) >= 11 is 5.57. The standard InChI is InChI=1S/C12H17ClFNO/c1-3-12(2,15)8-16-7-9-4-5-10(13)11(14)6-9/h4-6H,3,7-8,15H2,1-2H3. The van der Waals surface area contributed by atoms with E-state index >= 15 is 0 Å². The quantitative estimate of drug-likeness (QED) is 0.865. The number of hydrogen-bond acceptors (Lipinski definition) is 2. The highest BCUT2D eigenvalue weighted by Crippen LogP contribution is 2.16. The second kappa shape index (κ2) is 5.62. The Labute approximate surface area is 101 Å². The second-order valence-electron chi connectivity index (χ2n) is 4.25. The zero-order valence-electron chi connectivity index (χ0n) is 9.59. The first-order valence-corrected chi connectivity index (χ1v) is 5.63. The first-order chi connectivity index (χ1) is 7.44. The van der Waals surface area contributed by atoms with E-state index in [0.717, 1.165) is 12.0 Å². The Bertz CT molecular complexity index is 355. The van der Waals surface area contributed by atoms with Crippen molar-refractivity contribution in [3.63, 3.8) is 0 Å². The molecule has 0 bridgehead atoms. The summed E-state index contributed by atoms with van der Waals surface area (Å²) in [4.78, 5) is 0. The van der Waals surface area contributed by atoms with E-state index < -0.39 is 5.82 Å². The summed E-state index contributed by atoms with van der Waals surface area (Å²) in [6, 6.07) is 4.64. The van der Waals surface area contributed by atoms with E-state index in [9.17, 15) is 4.39 Å². The number of benzene rings is 1. The number of rotatable bonds is 5. The van der Waals surface area contributed by atoms with Crippen LogP contribution in [0.5, 0.6) is 0 Å². The maximum Gasteiger partial charge on any atom is 0.142 e. The number of ether oxygens (including phenoxy) is 1. The molecule has 0 saturated heterocycles. The van der Waals surface area contributed by atoms with Crippen LogP contribution in [-0.2, 0) is 11.3 Å². The largest absolute Gasteiger partial charge is 0.375 e. The van der Waals surface area contributed by atoms with Crippen LogP contribution in [0.3, 0.4) is 0 Å². The zero-order chi connectivity index (χ0) is 12.2. The Hall–Kier alpha value is -0.640. The molecule has 1 unspecified atom stereocenters. The summed E-state index contributed by atoms with van der Waals surface area (Å²) in [5.74, 6) is -0.422. The molecule has 16 heavy (non-hydrogen) atoms. The Balaban J connectivity index is 2.46. The lowest BCUT2D eigenvalue weighted by molar-refractivity contribution is 0.0776. The van der Waals surface area contributed by atoms with E-state index in [4.69, 9.17) is 22.1 Å². The fraction of sp³-hybridized carbons (Fsp3) is 0.500. The fourth-order valence-corrected chi connectivity index (χ4v) is 1.25. The SMILES string of the molecule is CCC(C)(N)COCc1ccc(Cl)c(F)c1. The maximum atomic E-state index is 13.1. The van der Waals surface area contributed by atoms with Crippen molar-refractivity contribution in [2.24, 2.45) is 5.73 Å². The van der Waals surface area contributed by atoms with Crippen LogP contribution in [0.25, 0.3) is 0 Å². The summed E-state index contributed by atoms with van der Waals surface area (Å²) in [7, 11) is 0. The van der Waals surface area contributed by atoms with Gasteiger partial charge in [0.2, 0.25) is 0 Å². The third-order valence-electron chi connectivity index (χ3n) is 2.49. The van der Waals surface area contributed by atoms with Crippen molar-refractivity contribution in [3.05, 3.63) is 34.6 Å². The summed E-state index contributed by atoms with van der Waals surface area (Å²) in [6.07, 6.45) is 0.835. The van der Waals surface area contributed by atoms with Crippen molar-refractivity contribution < 1.29 is 9.13 Å². The topological polar surface area (TPSA) is 35.2 Å². The van der Waals surface area contributed by atoms with Crippen LogP contribution in [0.15, 0.2) is 18.2 Å². The normalized spacial score (nSPS) is 14.8. The Morgan fingerprint density at radius 1 is 1.50 bits per heavy atom. The van der Waals surface area contributed by atoms with Crippen molar-refractivity contribution in [1.29, 1.82) is 0 Å². The average Bonchev–Trinajstić information content (AvgIpc) is 2.23. The average molecular weight is 246 g/mol. The molecule has 1 aromatic carbocycles. The smallest absolute Gasteiger partial charge is 0.142 e. The Morgan fingerprint density at radius 3 is 2.75 bits per heavy atom. The first-order valence-electron chi connectivity index (χ1n) is 5.25. The molecule has 0 radical (unpaired) electrons. The van der Waals surface area contributed by atoms with Crippen LogP contribution in [-0.4, -0.2) is 12.1 Å². The molecule has 0 fully saturated rings. The van der Waals surface area contributed by atoms with E-state index in [0.29, 0.717) is 13.2 Å². The molecule has 1 rings (SSSR count). The minimum Gasteiger partial charge on any atom is -0.375 e. The molecular weight excluding hydrogens is 229 g/mol. The summed E-state index contributed by atoms with van der Waals surface area (Å²) in [6.45, 7) is 4.73. The van der Waals surface area contributed by atoms with Crippen molar-refractivity contribution in [1.82, 2.24) is 0 Å². The molecule has 0 saturated carbocycles. The maximum absolute atomic E-state index is 13.1. The molecule has 2 N–H and O–H groups in total. The van der Waals surface area contributed by atoms with Crippen molar-refractivity contribution in [3.8, 4) is 0 Å².